The summed E-state index contributed by atoms with van der Waals surface area (Å²) < 4.78 is 1.87. The Labute approximate surface area is 89.0 Å². The molecule has 0 bridgehead atoms. The lowest BCUT2D eigenvalue weighted by Gasteiger charge is -2.12. The average Bonchev–Trinajstić information content (AvgIpc) is 2.08. The molecule has 0 spiro atoms. The van der Waals surface area contributed by atoms with E-state index in [1.165, 1.54) is 5.56 Å². The molecule has 2 nitrogen and oxygen atoms in total. The molecular formula is C8H10Br2N2. The highest BCUT2D eigenvalue weighted by Gasteiger charge is 2.09. The van der Waals surface area contributed by atoms with E-state index in [0.29, 0.717) is 6.04 Å². The summed E-state index contributed by atoms with van der Waals surface area (Å²) in [6, 6.07) is 2.33. The molecule has 0 aliphatic carbocycles. The number of rotatable bonds is 2. The fourth-order valence-corrected chi connectivity index (χ4v) is 1.85. The van der Waals surface area contributed by atoms with Crippen LogP contribution in [0.4, 0.5) is 0 Å². The van der Waals surface area contributed by atoms with Gasteiger partial charge >= 0.3 is 0 Å². The van der Waals surface area contributed by atoms with Gasteiger partial charge in [0, 0.05) is 12.2 Å². The smallest absolute Gasteiger partial charge is 0.120 e. The van der Waals surface area contributed by atoms with Crippen LogP contribution in [0.1, 0.15) is 18.5 Å². The molecule has 0 aliphatic rings. The number of hydrogen-bond acceptors (Lipinski definition) is 2. The lowest BCUT2D eigenvalue weighted by Crippen LogP contribution is -2.13. The molecule has 1 heterocycles. The Morgan fingerprint density at radius 1 is 1.50 bits per heavy atom. The Balaban J connectivity index is 3.07. The Morgan fingerprint density at radius 3 is 2.75 bits per heavy atom. The largest absolute Gasteiger partial charge is 0.313 e. The molecular weight excluding hydrogens is 284 g/mol. The Kier molecular flexibility index (Phi) is 3.68. The van der Waals surface area contributed by atoms with E-state index in [9.17, 15) is 0 Å². The van der Waals surface area contributed by atoms with E-state index in [1.54, 1.807) is 6.20 Å². The zero-order chi connectivity index (χ0) is 9.14. The minimum atomic E-state index is 0.332. The SMILES string of the molecule is CN[C@H](C)c1ccnc(Br)c1Br. The van der Waals surface area contributed by atoms with Crippen LogP contribution in [-0.2, 0) is 0 Å². The van der Waals surface area contributed by atoms with Gasteiger partial charge in [0.25, 0.3) is 0 Å². The third kappa shape index (κ3) is 2.06. The molecule has 1 aromatic rings. The summed E-state index contributed by atoms with van der Waals surface area (Å²) in [4.78, 5) is 4.10. The molecule has 0 amide bonds. The summed E-state index contributed by atoms with van der Waals surface area (Å²) in [5, 5.41) is 3.17. The topological polar surface area (TPSA) is 24.9 Å². The van der Waals surface area contributed by atoms with E-state index in [0.717, 1.165) is 9.08 Å². The Hall–Kier alpha value is 0.0700. The van der Waals surface area contributed by atoms with E-state index >= 15 is 0 Å². The third-order valence-electron chi connectivity index (χ3n) is 1.78. The lowest BCUT2D eigenvalue weighted by molar-refractivity contribution is 0.648. The van der Waals surface area contributed by atoms with Crippen molar-refractivity contribution >= 4 is 31.9 Å². The first-order valence-electron chi connectivity index (χ1n) is 3.64. The lowest BCUT2D eigenvalue weighted by atomic mass is 10.1. The highest BCUT2D eigenvalue weighted by molar-refractivity contribution is 9.13. The number of aromatic nitrogens is 1. The molecule has 0 aromatic carbocycles. The molecule has 66 valence electrons. The highest BCUT2D eigenvalue weighted by Crippen LogP contribution is 2.28. The fraction of sp³-hybridized carbons (Fsp3) is 0.375. The van der Waals surface area contributed by atoms with Gasteiger partial charge in [0.1, 0.15) is 4.60 Å². The second-order valence-corrected chi connectivity index (χ2v) is 4.06. The average molecular weight is 294 g/mol. The van der Waals surface area contributed by atoms with Gasteiger partial charge in [-0.3, -0.25) is 0 Å². The number of nitrogens with zero attached hydrogens (tertiary/aromatic N) is 1. The highest BCUT2D eigenvalue weighted by atomic mass is 79.9. The molecule has 4 heteroatoms. The molecule has 1 atom stereocenters. The fourth-order valence-electron chi connectivity index (χ4n) is 0.922. The summed E-state index contributed by atoms with van der Waals surface area (Å²) in [5.41, 5.74) is 1.21. The molecule has 0 saturated carbocycles. The maximum Gasteiger partial charge on any atom is 0.120 e. The zero-order valence-electron chi connectivity index (χ0n) is 6.94. The van der Waals surface area contributed by atoms with Gasteiger partial charge in [0.15, 0.2) is 0 Å². The van der Waals surface area contributed by atoms with Crippen molar-refractivity contribution in [2.24, 2.45) is 0 Å². The van der Waals surface area contributed by atoms with E-state index < -0.39 is 0 Å². The van der Waals surface area contributed by atoms with Gasteiger partial charge in [-0.2, -0.15) is 0 Å². The Morgan fingerprint density at radius 2 is 2.17 bits per heavy atom. The van der Waals surface area contributed by atoms with Crippen molar-refractivity contribution in [3.05, 3.63) is 26.9 Å². The van der Waals surface area contributed by atoms with Crippen LogP contribution in [0, 0.1) is 0 Å². The third-order valence-corrected chi connectivity index (χ3v) is 3.74. The standard InChI is InChI=1S/C8H10Br2N2/c1-5(11-2)6-3-4-12-8(10)7(6)9/h3-5,11H,1-2H3/t5-/m1/s1. The van der Waals surface area contributed by atoms with Gasteiger partial charge in [0.05, 0.1) is 4.47 Å². The summed E-state index contributed by atoms with van der Waals surface area (Å²) in [5.74, 6) is 0. The van der Waals surface area contributed by atoms with Crippen LogP contribution in [0.15, 0.2) is 21.3 Å². The zero-order valence-corrected chi connectivity index (χ0v) is 10.1. The van der Waals surface area contributed by atoms with E-state index in [1.807, 2.05) is 13.1 Å². The molecule has 1 aromatic heterocycles. The predicted molar refractivity (Wildman–Crippen MR) is 57.1 cm³/mol. The first-order chi connectivity index (χ1) is 5.66. The van der Waals surface area contributed by atoms with E-state index in [2.05, 4.69) is 49.1 Å². The van der Waals surface area contributed by atoms with Crippen LogP contribution in [0.3, 0.4) is 0 Å². The van der Waals surface area contributed by atoms with Crippen molar-refractivity contribution in [2.45, 2.75) is 13.0 Å². The molecule has 0 aliphatic heterocycles. The minimum absolute atomic E-state index is 0.332. The maximum absolute atomic E-state index is 4.10. The summed E-state index contributed by atoms with van der Waals surface area (Å²) >= 11 is 6.83. The van der Waals surface area contributed by atoms with E-state index in [-0.39, 0.29) is 0 Å². The molecule has 0 saturated heterocycles. The van der Waals surface area contributed by atoms with Crippen molar-refractivity contribution in [2.75, 3.05) is 7.05 Å². The Bertz CT molecular complexity index is 276. The summed E-state index contributed by atoms with van der Waals surface area (Å²) in [6.45, 7) is 2.10. The normalized spacial score (nSPS) is 13.0. The quantitative estimate of drug-likeness (QED) is 0.848. The molecule has 1 N–H and O–H groups in total. The van der Waals surface area contributed by atoms with Gasteiger partial charge in [-0.1, -0.05) is 0 Å². The second kappa shape index (κ2) is 4.35. The summed E-state index contributed by atoms with van der Waals surface area (Å²) in [7, 11) is 1.94. The minimum Gasteiger partial charge on any atom is -0.313 e. The van der Waals surface area contributed by atoms with E-state index in [4.69, 9.17) is 0 Å². The number of halogens is 2. The van der Waals surface area contributed by atoms with Crippen molar-refractivity contribution in [3.63, 3.8) is 0 Å². The first-order valence-corrected chi connectivity index (χ1v) is 5.22. The molecule has 0 fully saturated rings. The molecule has 0 unspecified atom stereocenters. The van der Waals surface area contributed by atoms with Gasteiger partial charge < -0.3 is 5.32 Å². The van der Waals surface area contributed by atoms with Crippen LogP contribution < -0.4 is 5.32 Å². The van der Waals surface area contributed by atoms with Crippen LogP contribution in [0.2, 0.25) is 0 Å². The predicted octanol–water partition coefficient (Wildman–Crippen LogP) is 2.89. The number of hydrogen-bond donors (Lipinski definition) is 1. The van der Waals surface area contributed by atoms with Crippen LogP contribution in [0.5, 0.6) is 0 Å². The number of nitrogens with one attached hydrogen (secondary N) is 1. The summed E-state index contributed by atoms with van der Waals surface area (Å²) in [6.07, 6.45) is 1.79. The van der Waals surface area contributed by atoms with Crippen molar-refractivity contribution in [3.8, 4) is 0 Å². The van der Waals surface area contributed by atoms with Crippen LogP contribution >= 0.6 is 31.9 Å². The number of pyridine rings is 1. The monoisotopic (exact) mass is 292 g/mol. The van der Waals surface area contributed by atoms with Gasteiger partial charge in [-0.25, -0.2) is 4.98 Å². The van der Waals surface area contributed by atoms with Crippen molar-refractivity contribution in [1.82, 2.24) is 10.3 Å². The van der Waals surface area contributed by atoms with Gasteiger partial charge in [0.2, 0.25) is 0 Å². The van der Waals surface area contributed by atoms with Crippen molar-refractivity contribution in [1.29, 1.82) is 0 Å². The van der Waals surface area contributed by atoms with Crippen molar-refractivity contribution < 1.29 is 0 Å². The van der Waals surface area contributed by atoms with Crippen LogP contribution in [0.25, 0.3) is 0 Å². The molecule has 1 rings (SSSR count). The second-order valence-electron chi connectivity index (χ2n) is 2.52. The molecule has 12 heavy (non-hydrogen) atoms. The maximum atomic E-state index is 4.10. The van der Waals surface area contributed by atoms with Crippen LogP contribution in [-0.4, -0.2) is 12.0 Å². The van der Waals surface area contributed by atoms with Gasteiger partial charge in [-0.15, -0.1) is 0 Å². The molecule has 0 radical (unpaired) electrons. The first kappa shape index (κ1) is 10.2. The van der Waals surface area contributed by atoms with Gasteiger partial charge in [-0.05, 0) is 57.5 Å².